The van der Waals surface area contributed by atoms with E-state index in [4.69, 9.17) is 0 Å². The van der Waals surface area contributed by atoms with E-state index in [0.29, 0.717) is 36.3 Å². The van der Waals surface area contributed by atoms with Crippen LogP contribution >= 0.6 is 0 Å². The van der Waals surface area contributed by atoms with Crippen molar-refractivity contribution in [3.05, 3.63) is 27.9 Å². The molecule has 2 aliphatic rings. The number of hydrogen-bond donors (Lipinski definition) is 1. The number of rotatable bonds is 2. The van der Waals surface area contributed by atoms with Gasteiger partial charge in [-0.05, 0) is 12.8 Å². The first kappa shape index (κ1) is 12.5. The fraction of sp³-hybridized carbons (Fsp3) is 0.583. The second-order valence-electron chi connectivity index (χ2n) is 4.93. The largest absolute Gasteiger partial charge is 0.335 e. The van der Waals surface area contributed by atoms with Crippen LogP contribution in [0.3, 0.4) is 0 Å². The maximum absolute atomic E-state index is 12.3. The van der Waals surface area contributed by atoms with E-state index in [1.54, 1.807) is 4.90 Å². The molecule has 1 aromatic heterocycles. The van der Waals surface area contributed by atoms with E-state index in [2.05, 4.69) is 9.97 Å². The second kappa shape index (κ2) is 4.88. The molecule has 0 atom stereocenters. The van der Waals surface area contributed by atoms with Crippen molar-refractivity contribution < 1.29 is 9.00 Å². The predicted molar refractivity (Wildman–Crippen MR) is 70.6 cm³/mol. The zero-order chi connectivity index (χ0) is 13.4. The molecule has 0 unspecified atom stereocenters. The SMILES string of the molecule is O=C(c1cc(=O)[nH]c(C2CC2)n1)N1CCS(=O)CC1. The van der Waals surface area contributed by atoms with E-state index in [9.17, 15) is 13.8 Å². The lowest BCUT2D eigenvalue weighted by atomic mass is 10.3. The number of carbonyl (C=O) groups excluding carboxylic acids is 1. The van der Waals surface area contributed by atoms with Crippen molar-refractivity contribution in [2.75, 3.05) is 24.6 Å². The lowest BCUT2D eigenvalue weighted by Crippen LogP contribution is -2.42. The van der Waals surface area contributed by atoms with Gasteiger partial charge in [0.2, 0.25) is 0 Å². The first-order chi connectivity index (χ1) is 9.13. The monoisotopic (exact) mass is 281 g/mol. The van der Waals surface area contributed by atoms with Crippen LogP contribution in [0.5, 0.6) is 0 Å². The molecule has 0 aromatic carbocycles. The highest BCUT2D eigenvalue weighted by molar-refractivity contribution is 7.85. The Morgan fingerprint density at radius 2 is 2.05 bits per heavy atom. The molecule has 1 saturated heterocycles. The van der Waals surface area contributed by atoms with E-state index in [1.165, 1.54) is 6.07 Å². The molecule has 7 heteroatoms. The van der Waals surface area contributed by atoms with Crippen LogP contribution in [-0.4, -0.2) is 49.6 Å². The van der Waals surface area contributed by atoms with Gasteiger partial charge in [0.25, 0.3) is 11.5 Å². The van der Waals surface area contributed by atoms with Gasteiger partial charge in [0.05, 0.1) is 0 Å². The summed E-state index contributed by atoms with van der Waals surface area (Å²) in [5.41, 5.74) is -0.0702. The highest BCUT2D eigenvalue weighted by Crippen LogP contribution is 2.37. The predicted octanol–water partition coefficient (Wildman–Crippen LogP) is -0.148. The van der Waals surface area contributed by atoms with Gasteiger partial charge in [0.1, 0.15) is 11.5 Å². The fourth-order valence-corrected chi connectivity index (χ4v) is 3.19. The third-order valence-corrected chi connectivity index (χ3v) is 4.68. The van der Waals surface area contributed by atoms with Crippen LogP contribution in [0, 0.1) is 0 Å². The zero-order valence-electron chi connectivity index (χ0n) is 10.4. The maximum atomic E-state index is 12.3. The van der Waals surface area contributed by atoms with Crippen molar-refractivity contribution in [1.29, 1.82) is 0 Å². The molecule has 3 rings (SSSR count). The third-order valence-electron chi connectivity index (χ3n) is 3.41. The Morgan fingerprint density at radius 1 is 1.37 bits per heavy atom. The Bertz CT molecular complexity index is 584. The van der Waals surface area contributed by atoms with E-state index < -0.39 is 10.8 Å². The van der Waals surface area contributed by atoms with Crippen LogP contribution in [-0.2, 0) is 10.8 Å². The fourth-order valence-electron chi connectivity index (χ4n) is 2.14. The van der Waals surface area contributed by atoms with Gasteiger partial charge in [-0.3, -0.25) is 13.8 Å². The van der Waals surface area contributed by atoms with E-state index in [-0.39, 0.29) is 17.2 Å². The van der Waals surface area contributed by atoms with Gasteiger partial charge >= 0.3 is 0 Å². The summed E-state index contributed by atoms with van der Waals surface area (Å²) in [6.45, 7) is 0.942. The molecule has 0 radical (unpaired) electrons. The third kappa shape index (κ3) is 2.75. The average Bonchev–Trinajstić information content (AvgIpc) is 3.22. The van der Waals surface area contributed by atoms with Crippen molar-refractivity contribution in [2.45, 2.75) is 18.8 Å². The number of aromatic nitrogens is 2. The van der Waals surface area contributed by atoms with Crippen LogP contribution in [0.25, 0.3) is 0 Å². The van der Waals surface area contributed by atoms with Crippen LogP contribution in [0.4, 0.5) is 0 Å². The number of nitrogens with one attached hydrogen (secondary N) is 1. The number of amides is 1. The van der Waals surface area contributed by atoms with Crippen molar-refractivity contribution >= 4 is 16.7 Å². The van der Waals surface area contributed by atoms with E-state index in [1.807, 2.05) is 0 Å². The van der Waals surface area contributed by atoms with Gasteiger partial charge in [-0.2, -0.15) is 0 Å². The molecule has 1 aliphatic heterocycles. The Kier molecular flexibility index (Phi) is 3.22. The maximum Gasteiger partial charge on any atom is 0.272 e. The quantitative estimate of drug-likeness (QED) is 0.817. The van der Waals surface area contributed by atoms with Crippen molar-refractivity contribution in [2.24, 2.45) is 0 Å². The second-order valence-corrected chi connectivity index (χ2v) is 6.63. The summed E-state index contributed by atoms with van der Waals surface area (Å²) in [6.07, 6.45) is 2.03. The minimum absolute atomic E-state index is 0.207. The first-order valence-corrected chi connectivity index (χ1v) is 7.88. The van der Waals surface area contributed by atoms with Crippen molar-refractivity contribution in [1.82, 2.24) is 14.9 Å². The minimum atomic E-state index is -0.822. The lowest BCUT2D eigenvalue weighted by Gasteiger charge is -2.25. The normalized spacial score (nSPS) is 20.5. The summed E-state index contributed by atoms with van der Waals surface area (Å²) < 4.78 is 11.3. The Labute approximate surface area is 112 Å². The molecule has 6 nitrogen and oxygen atoms in total. The molecule has 1 aromatic rings. The number of H-pyrrole nitrogens is 1. The van der Waals surface area contributed by atoms with Gasteiger partial charge in [0.15, 0.2) is 0 Å². The highest BCUT2D eigenvalue weighted by atomic mass is 32.2. The molecule has 19 heavy (non-hydrogen) atoms. The van der Waals surface area contributed by atoms with Crippen LogP contribution < -0.4 is 5.56 Å². The van der Waals surface area contributed by atoms with Gasteiger partial charge in [0, 0.05) is 47.4 Å². The van der Waals surface area contributed by atoms with Gasteiger partial charge < -0.3 is 9.88 Å². The van der Waals surface area contributed by atoms with Gasteiger partial charge in [-0.25, -0.2) is 4.98 Å². The molecule has 1 N–H and O–H groups in total. The molecule has 1 aliphatic carbocycles. The Balaban J connectivity index is 1.82. The van der Waals surface area contributed by atoms with E-state index in [0.717, 1.165) is 12.8 Å². The van der Waals surface area contributed by atoms with Crippen molar-refractivity contribution in [3.63, 3.8) is 0 Å². The number of nitrogens with zero attached hydrogens (tertiary/aromatic N) is 2. The molecular weight excluding hydrogens is 266 g/mol. The molecule has 0 bridgehead atoms. The molecule has 2 heterocycles. The lowest BCUT2D eigenvalue weighted by molar-refractivity contribution is 0.0764. The Hall–Kier alpha value is -1.50. The van der Waals surface area contributed by atoms with Crippen LogP contribution in [0.1, 0.15) is 35.1 Å². The number of carbonyl (C=O) groups is 1. The molecule has 1 amide bonds. The molecular formula is C12H15N3O3S. The summed E-state index contributed by atoms with van der Waals surface area (Å²) in [6, 6.07) is 1.25. The van der Waals surface area contributed by atoms with Crippen molar-refractivity contribution in [3.8, 4) is 0 Å². The molecule has 1 saturated carbocycles. The average molecular weight is 281 g/mol. The minimum Gasteiger partial charge on any atom is -0.335 e. The summed E-state index contributed by atoms with van der Waals surface area (Å²) >= 11 is 0. The molecule has 102 valence electrons. The topological polar surface area (TPSA) is 83.1 Å². The van der Waals surface area contributed by atoms with E-state index >= 15 is 0 Å². The Morgan fingerprint density at radius 3 is 2.68 bits per heavy atom. The number of hydrogen-bond acceptors (Lipinski definition) is 4. The van der Waals surface area contributed by atoms with Gasteiger partial charge in [-0.15, -0.1) is 0 Å². The van der Waals surface area contributed by atoms with Crippen LogP contribution in [0.2, 0.25) is 0 Å². The first-order valence-electron chi connectivity index (χ1n) is 6.39. The molecule has 2 fully saturated rings. The summed E-state index contributed by atoms with van der Waals surface area (Å²) in [5.74, 6) is 1.70. The summed E-state index contributed by atoms with van der Waals surface area (Å²) in [5, 5.41) is 0. The zero-order valence-corrected chi connectivity index (χ0v) is 11.2. The number of aromatic amines is 1. The standard InChI is InChI=1S/C12H15N3O3S/c16-10-7-9(13-11(14-10)8-1-2-8)12(17)15-3-5-19(18)6-4-15/h7-8H,1-6H2,(H,13,14,16). The molecule has 0 spiro atoms. The summed E-state index contributed by atoms with van der Waals surface area (Å²) in [4.78, 5) is 32.4. The highest BCUT2D eigenvalue weighted by Gasteiger charge is 2.28. The van der Waals surface area contributed by atoms with Gasteiger partial charge in [-0.1, -0.05) is 0 Å². The summed E-state index contributed by atoms with van der Waals surface area (Å²) in [7, 11) is -0.822. The smallest absolute Gasteiger partial charge is 0.272 e. The van der Waals surface area contributed by atoms with Crippen LogP contribution in [0.15, 0.2) is 10.9 Å².